The molecule has 1 N–H and O–H groups in total. The van der Waals surface area contributed by atoms with Crippen LogP contribution in [-0.4, -0.2) is 24.9 Å². The Kier molecular flexibility index (Phi) is 5.87. The Balaban J connectivity index is 1.47. The normalized spacial score (nSPS) is 11.0. The number of anilines is 1. The highest BCUT2D eigenvalue weighted by molar-refractivity contribution is 5.94. The second-order valence-electron chi connectivity index (χ2n) is 7.97. The number of oxazole rings is 1. The Morgan fingerprint density at radius 3 is 2.56 bits per heavy atom. The SMILES string of the molecule is O=C(Cn1c(=O)oc2cc([N+](=O)[O-])ccc21)Nc1c(-c2ccc(F)cc2)ncn1Cc1ccccc1. The molecule has 0 unspecified atom stereocenters. The molecule has 0 radical (unpaired) electrons. The van der Waals surface area contributed by atoms with Crippen molar-refractivity contribution in [3.63, 3.8) is 0 Å². The minimum atomic E-state index is -0.822. The Labute approximate surface area is 202 Å². The van der Waals surface area contributed by atoms with Crippen molar-refractivity contribution in [3.8, 4) is 11.3 Å². The first-order valence-corrected chi connectivity index (χ1v) is 10.8. The number of hydrogen-bond donors (Lipinski definition) is 1. The van der Waals surface area contributed by atoms with Gasteiger partial charge in [0.05, 0.1) is 29.4 Å². The summed E-state index contributed by atoms with van der Waals surface area (Å²) in [5.41, 5.74) is 2.01. The molecular formula is C25H18FN5O5. The number of nitro groups is 1. The number of aromatic nitrogens is 3. The van der Waals surface area contributed by atoms with Crippen LogP contribution < -0.4 is 11.1 Å². The third-order valence-electron chi connectivity index (χ3n) is 5.57. The Hall–Kier alpha value is -5.06. The maximum Gasteiger partial charge on any atom is 0.420 e. The van der Waals surface area contributed by atoms with Crippen molar-refractivity contribution >= 4 is 28.5 Å². The standard InChI is InChI=1S/C25H18FN5O5/c26-18-8-6-17(7-9-18)23-24(29(15-27-23)13-16-4-2-1-3-5-16)28-22(32)14-30-20-11-10-19(31(34)35)12-21(20)36-25(30)33/h1-12,15H,13-14H2,(H,28,32). The molecule has 5 aromatic rings. The maximum atomic E-state index is 13.5. The van der Waals surface area contributed by atoms with E-state index in [1.165, 1.54) is 24.3 Å². The molecule has 1 amide bonds. The Morgan fingerprint density at radius 2 is 1.83 bits per heavy atom. The molecule has 0 atom stereocenters. The molecule has 2 heterocycles. The first kappa shape index (κ1) is 22.7. The van der Waals surface area contributed by atoms with Gasteiger partial charge in [-0.1, -0.05) is 30.3 Å². The summed E-state index contributed by atoms with van der Waals surface area (Å²) in [6.45, 7) is 0.00588. The van der Waals surface area contributed by atoms with Gasteiger partial charge in [0.25, 0.3) is 5.69 Å². The van der Waals surface area contributed by atoms with Crippen molar-refractivity contribution in [1.82, 2.24) is 14.1 Å². The van der Waals surface area contributed by atoms with Crippen molar-refractivity contribution < 1.29 is 18.5 Å². The minimum Gasteiger partial charge on any atom is -0.407 e. The van der Waals surface area contributed by atoms with Gasteiger partial charge in [0.15, 0.2) is 5.58 Å². The van der Waals surface area contributed by atoms with Crippen LogP contribution in [0.3, 0.4) is 0 Å². The van der Waals surface area contributed by atoms with Crippen molar-refractivity contribution in [2.45, 2.75) is 13.1 Å². The Morgan fingerprint density at radius 1 is 1.08 bits per heavy atom. The van der Waals surface area contributed by atoms with Crippen LogP contribution in [0.4, 0.5) is 15.9 Å². The zero-order valence-corrected chi connectivity index (χ0v) is 18.6. The fourth-order valence-corrected chi connectivity index (χ4v) is 3.87. The summed E-state index contributed by atoms with van der Waals surface area (Å²) in [5.74, 6) is -1.40. The number of non-ortho nitro benzene ring substituents is 1. The van der Waals surface area contributed by atoms with E-state index in [-0.39, 0.29) is 16.8 Å². The van der Waals surface area contributed by atoms with Gasteiger partial charge in [0, 0.05) is 11.6 Å². The number of fused-ring (bicyclic) bond motifs is 1. The molecular weight excluding hydrogens is 469 g/mol. The first-order valence-electron chi connectivity index (χ1n) is 10.8. The first-order chi connectivity index (χ1) is 17.4. The van der Waals surface area contributed by atoms with Gasteiger partial charge in [-0.15, -0.1) is 0 Å². The van der Waals surface area contributed by atoms with Gasteiger partial charge in [-0.3, -0.25) is 19.5 Å². The molecule has 0 aliphatic rings. The largest absolute Gasteiger partial charge is 0.420 e. The smallest absolute Gasteiger partial charge is 0.407 e. The third kappa shape index (κ3) is 4.49. The quantitative estimate of drug-likeness (QED) is 0.271. The predicted octanol–water partition coefficient (Wildman–Crippen LogP) is 4.19. The molecule has 0 saturated heterocycles. The van der Waals surface area contributed by atoms with Gasteiger partial charge in [-0.25, -0.2) is 14.2 Å². The number of nitro benzene ring substituents is 1. The zero-order chi connectivity index (χ0) is 25.2. The average molecular weight is 487 g/mol. The minimum absolute atomic E-state index is 0.00289. The molecule has 11 heteroatoms. The summed E-state index contributed by atoms with van der Waals surface area (Å²) in [6, 6.07) is 19.0. The number of benzene rings is 3. The van der Waals surface area contributed by atoms with Crippen LogP contribution in [0.1, 0.15) is 5.56 Å². The summed E-state index contributed by atoms with van der Waals surface area (Å²) >= 11 is 0. The summed E-state index contributed by atoms with van der Waals surface area (Å²) in [4.78, 5) is 40.3. The number of amides is 1. The predicted molar refractivity (Wildman–Crippen MR) is 129 cm³/mol. The van der Waals surface area contributed by atoms with Gasteiger partial charge in [0.1, 0.15) is 23.9 Å². The molecule has 5 rings (SSSR count). The summed E-state index contributed by atoms with van der Waals surface area (Å²) in [6.07, 6.45) is 1.57. The van der Waals surface area contributed by atoms with Crippen LogP contribution in [0.5, 0.6) is 0 Å². The van der Waals surface area contributed by atoms with E-state index in [9.17, 15) is 24.1 Å². The lowest BCUT2D eigenvalue weighted by atomic mass is 10.1. The van der Waals surface area contributed by atoms with Gasteiger partial charge < -0.3 is 14.3 Å². The lowest BCUT2D eigenvalue weighted by Crippen LogP contribution is -2.26. The van der Waals surface area contributed by atoms with Gasteiger partial charge in [-0.2, -0.15) is 0 Å². The molecule has 10 nitrogen and oxygen atoms in total. The van der Waals surface area contributed by atoms with Crippen molar-refractivity contribution in [3.05, 3.63) is 111 Å². The molecule has 0 fully saturated rings. The van der Waals surface area contributed by atoms with E-state index >= 15 is 0 Å². The molecule has 180 valence electrons. The molecule has 0 bridgehead atoms. The van der Waals surface area contributed by atoms with E-state index < -0.39 is 28.9 Å². The molecule has 2 aromatic heterocycles. The van der Waals surface area contributed by atoms with Crippen LogP contribution in [0.15, 0.2) is 88.3 Å². The van der Waals surface area contributed by atoms with Crippen LogP contribution in [0, 0.1) is 15.9 Å². The molecule has 0 aliphatic carbocycles. The van der Waals surface area contributed by atoms with E-state index in [1.807, 2.05) is 30.3 Å². The fourth-order valence-electron chi connectivity index (χ4n) is 3.87. The topological polar surface area (TPSA) is 125 Å². The number of nitrogens with one attached hydrogen (secondary N) is 1. The molecule has 0 aliphatic heterocycles. The van der Waals surface area contributed by atoms with Crippen molar-refractivity contribution in [1.29, 1.82) is 0 Å². The highest BCUT2D eigenvalue weighted by Gasteiger charge is 2.20. The van der Waals surface area contributed by atoms with E-state index in [1.54, 1.807) is 23.0 Å². The number of nitrogens with zero attached hydrogens (tertiary/aromatic N) is 4. The lowest BCUT2D eigenvalue weighted by Gasteiger charge is -2.12. The van der Waals surface area contributed by atoms with Gasteiger partial charge in [0.2, 0.25) is 5.91 Å². The van der Waals surface area contributed by atoms with Gasteiger partial charge in [-0.05, 0) is 35.9 Å². The number of hydrogen-bond acceptors (Lipinski definition) is 6. The number of carbonyl (C=O) groups excluding carboxylic acids is 1. The molecule has 0 saturated carbocycles. The van der Waals surface area contributed by atoms with E-state index in [4.69, 9.17) is 4.42 Å². The third-order valence-corrected chi connectivity index (χ3v) is 5.57. The Bertz CT molecular complexity index is 1640. The maximum absolute atomic E-state index is 13.5. The molecule has 36 heavy (non-hydrogen) atoms. The van der Waals surface area contributed by atoms with E-state index in [0.29, 0.717) is 23.6 Å². The van der Waals surface area contributed by atoms with Crippen molar-refractivity contribution in [2.24, 2.45) is 0 Å². The van der Waals surface area contributed by atoms with Gasteiger partial charge >= 0.3 is 5.76 Å². The number of imidazole rings is 1. The highest BCUT2D eigenvalue weighted by atomic mass is 19.1. The second kappa shape index (κ2) is 9.29. The van der Waals surface area contributed by atoms with Crippen LogP contribution in [0.2, 0.25) is 0 Å². The summed E-state index contributed by atoms with van der Waals surface area (Å²) < 4.78 is 21.4. The van der Waals surface area contributed by atoms with Crippen LogP contribution >= 0.6 is 0 Å². The molecule has 3 aromatic carbocycles. The summed E-state index contributed by atoms with van der Waals surface area (Å²) in [7, 11) is 0. The van der Waals surface area contributed by atoms with Crippen molar-refractivity contribution in [2.75, 3.05) is 5.32 Å². The highest BCUT2D eigenvalue weighted by Crippen LogP contribution is 2.28. The van der Waals surface area contributed by atoms with E-state index in [2.05, 4.69) is 10.3 Å². The number of rotatable bonds is 7. The molecule has 0 spiro atoms. The number of carbonyl (C=O) groups is 1. The second-order valence-corrected chi connectivity index (χ2v) is 7.97. The summed E-state index contributed by atoms with van der Waals surface area (Å²) in [5, 5.41) is 13.8. The van der Waals surface area contributed by atoms with Crippen LogP contribution in [0.25, 0.3) is 22.4 Å². The van der Waals surface area contributed by atoms with E-state index in [0.717, 1.165) is 16.2 Å². The lowest BCUT2D eigenvalue weighted by molar-refractivity contribution is -0.384. The zero-order valence-electron chi connectivity index (χ0n) is 18.6. The number of halogens is 1. The monoisotopic (exact) mass is 487 g/mol. The average Bonchev–Trinajstić information content (AvgIpc) is 3.39. The van der Waals surface area contributed by atoms with Crippen LogP contribution in [-0.2, 0) is 17.9 Å². The fraction of sp³-hybridized carbons (Fsp3) is 0.0800.